The van der Waals surface area contributed by atoms with Gasteiger partial charge in [0.05, 0.1) is 12.5 Å². The van der Waals surface area contributed by atoms with Crippen molar-refractivity contribution in [3.8, 4) is 0 Å². The summed E-state index contributed by atoms with van der Waals surface area (Å²) in [5.74, 6) is -0.0240. The smallest absolute Gasteiger partial charge is 0.228 e. The first-order chi connectivity index (χ1) is 9.95. The fourth-order valence-corrected chi connectivity index (χ4v) is 3.56. The summed E-state index contributed by atoms with van der Waals surface area (Å²) in [4.78, 5) is 11.5. The Balaban J connectivity index is 2.06. The predicted octanol–water partition coefficient (Wildman–Crippen LogP) is 4.14. The van der Waals surface area contributed by atoms with Crippen molar-refractivity contribution in [1.82, 2.24) is 0 Å². The minimum atomic E-state index is -0.385. The third-order valence-electron chi connectivity index (χ3n) is 3.48. The average Bonchev–Trinajstić information content (AvgIpc) is 2.79. The molecule has 2 aromatic rings. The van der Waals surface area contributed by atoms with E-state index in [-0.39, 0.29) is 11.9 Å². The molecule has 1 heterocycles. The Bertz CT molecular complexity index is 749. The third-order valence-corrected chi connectivity index (χ3v) is 5.02. The van der Waals surface area contributed by atoms with Gasteiger partial charge in [-0.1, -0.05) is 23.2 Å². The molecule has 3 nitrogen and oxygen atoms in total. The summed E-state index contributed by atoms with van der Waals surface area (Å²) in [6, 6.07) is 8.87. The first-order valence-corrected chi connectivity index (χ1v) is 8.12. The van der Waals surface area contributed by atoms with Crippen LogP contribution >= 0.6 is 45.8 Å². The second kappa shape index (κ2) is 5.76. The summed E-state index contributed by atoms with van der Waals surface area (Å²) in [6.07, 6.45) is 0.360. The van der Waals surface area contributed by atoms with E-state index < -0.39 is 0 Å². The molecule has 0 spiro atoms. The van der Waals surface area contributed by atoms with Gasteiger partial charge in [-0.25, -0.2) is 0 Å². The SMILES string of the molecule is NC(c1cc2c(cc1Cl)NC(=O)C2)c1cc(Cl)ccc1I. The lowest BCUT2D eigenvalue weighted by Gasteiger charge is -2.17. The van der Waals surface area contributed by atoms with Crippen LogP contribution in [-0.2, 0) is 11.2 Å². The van der Waals surface area contributed by atoms with Crippen molar-refractivity contribution in [2.24, 2.45) is 5.73 Å². The van der Waals surface area contributed by atoms with Gasteiger partial charge >= 0.3 is 0 Å². The van der Waals surface area contributed by atoms with E-state index in [0.717, 1.165) is 25.9 Å². The van der Waals surface area contributed by atoms with Crippen LogP contribution in [0.25, 0.3) is 0 Å². The maximum Gasteiger partial charge on any atom is 0.228 e. The molecule has 21 heavy (non-hydrogen) atoms. The highest BCUT2D eigenvalue weighted by molar-refractivity contribution is 14.1. The molecule has 0 fully saturated rings. The van der Waals surface area contributed by atoms with Gasteiger partial charge in [0.2, 0.25) is 5.91 Å². The minimum absolute atomic E-state index is 0.0240. The molecule has 1 unspecified atom stereocenters. The summed E-state index contributed by atoms with van der Waals surface area (Å²) < 4.78 is 1.02. The molecule has 3 N–H and O–H groups in total. The highest BCUT2D eigenvalue weighted by atomic mass is 127. The molecule has 3 rings (SSSR count). The van der Waals surface area contributed by atoms with E-state index in [0.29, 0.717) is 16.5 Å². The molecule has 0 bridgehead atoms. The molecule has 6 heteroatoms. The van der Waals surface area contributed by atoms with E-state index in [4.69, 9.17) is 28.9 Å². The van der Waals surface area contributed by atoms with Crippen molar-refractivity contribution in [2.75, 3.05) is 5.32 Å². The van der Waals surface area contributed by atoms with Crippen LogP contribution in [0.3, 0.4) is 0 Å². The van der Waals surface area contributed by atoms with Crippen LogP contribution in [0.15, 0.2) is 30.3 Å². The number of hydrogen-bond acceptors (Lipinski definition) is 2. The minimum Gasteiger partial charge on any atom is -0.325 e. The molecular weight excluding hydrogens is 422 g/mol. The average molecular weight is 433 g/mol. The van der Waals surface area contributed by atoms with Gasteiger partial charge in [0, 0.05) is 19.3 Å². The Morgan fingerprint density at radius 1 is 1.19 bits per heavy atom. The fraction of sp³-hybridized carbons (Fsp3) is 0.133. The number of fused-ring (bicyclic) bond motifs is 1. The van der Waals surface area contributed by atoms with E-state index in [1.54, 1.807) is 6.07 Å². The Kier molecular flexibility index (Phi) is 4.14. The number of halogens is 3. The topological polar surface area (TPSA) is 55.1 Å². The number of nitrogens with two attached hydrogens (primary N) is 1. The molecule has 1 aliphatic rings. The molecule has 0 saturated heterocycles. The van der Waals surface area contributed by atoms with E-state index in [1.165, 1.54) is 0 Å². The van der Waals surface area contributed by atoms with Crippen LogP contribution in [0.1, 0.15) is 22.7 Å². The molecule has 2 aromatic carbocycles. The van der Waals surface area contributed by atoms with Crippen molar-refractivity contribution in [3.05, 3.63) is 60.6 Å². The second-order valence-corrected chi connectivity index (χ2v) is 6.91. The normalized spacial score (nSPS) is 14.8. The van der Waals surface area contributed by atoms with Gasteiger partial charge in [-0.05, 0) is 69.6 Å². The van der Waals surface area contributed by atoms with Crippen LogP contribution < -0.4 is 11.1 Å². The van der Waals surface area contributed by atoms with Gasteiger partial charge in [-0.3, -0.25) is 4.79 Å². The van der Waals surface area contributed by atoms with Crippen LogP contribution in [0.5, 0.6) is 0 Å². The zero-order valence-electron chi connectivity index (χ0n) is 10.8. The van der Waals surface area contributed by atoms with E-state index in [9.17, 15) is 4.79 Å². The number of rotatable bonds is 2. The summed E-state index contributed by atoms with van der Waals surface area (Å²) in [5.41, 5.74) is 9.77. The quantitative estimate of drug-likeness (QED) is 0.700. The summed E-state index contributed by atoms with van der Waals surface area (Å²) in [7, 11) is 0. The van der Waals surface area contributed by atoms with Crippen LogP contribution in [0.4, 0.5) is 5.69 Å². The summed E-state index contributed by atoms with van der Waals surface area (Å²) in [5, 5.41) is 3.95. The molecule has 1 aliphatic heterocycles. The largest absolute Gasteiger partial charge is 0.325 e. The van der Waals surface area contributed by atoms with Crippen LogP contribution in [0.2, 0.25) is 10.0 Å². The molecule has 0 radical (unpaired) electrons. The zero-order valence-corrected chi connectivity index (χ0v) is 14.5. The van der Waals surface area contributed by atoms with Gasteiger partial charge in [0.15, 0.2) is 0 Å². The highest BCUT2D eigenvalue weighted by Crippen LogP contribution is 2.36. The van der Waals surface area contributed by atoms with Crippen molar-refractivity contribution >= 4 is 57.4 Å². The summed E-state index contributed by atoms with van der Waals surface area (Å²) >= 11 is 14.6. The Labute approximate surface area is 145 Å². The van der Waals surface area contributed by atoms with Crippen molar-refractivity contribution in [3.63, 3.8) is 0 Å². The van der Waals surface area contributed by atoms with Gasteiger partial charge in [-0.2, -0.15) is 0 Å². The fourth-order valence-electron chi connectivity index (χ4n) is 2.43. The first-order valence-electron chi connectivity index (χ1n) is 6.28. The van der Waals surface area contributed by atoms with Crippen molar-refractivity contribution < 1.29 is 4.79 Å². The Morgan fingerprint density at radius 2 is 1.95 bits per heavy atom. The van der Waals surface area contributed by atoms with Crippen LogP contribution in [0, 0.1) is 3.57 Å². The number of amides is 1. The van der Waals surface area contributed by atoms with Crippen molar-refractivity contribution in [2.45, 2.75) is 12.5 Å². The lowest BCUT2D eigenvalue weighted by atomic mass is 9.97. The molecule has 0 aliphatic carbocycles. The maximum absolute atomic E-state index is 11.5. The lowest BCUT2D eigenvalue weighted by Crippen LogP contribution is -2.14. The monoisotopic (exact) mass is 432 g/mol. The molecular formula is C15H11Cl2IN2O. The molecule has 1 amide bonds. The Hall–Kier alpha value is -0.820. The Morgan fingerprint density at radius 3 is 2.71 bits per heavy atom. The maximum atomic E-state index is 11.5. The highest BCUT2D eigenvalue weighted by Gasteiger charge is 2.23. The molecule has 1 atom stereocenters. The number of anilines is 1. The number of hydrogen-bond donors (Lipinski definition) is 2. The predicted molar refractivity (Wildman–Crippen MR) is 94.0 cm³/mol. The molecule has 108 valence electrons. The standard InChI is InChI=1S/C15H11Cl2IN2O/c16-8-1-2-12(18)10(5-8)15(19)9-3-7-4-14(21)20-13(7)6-11(9)17/h1-3,5-6,15H,4,19H2,(H,20,21). The van der Waals surface area contributed by atoms with Crippen molar-refractivity contribution in [1.29, 1.82) is 0 Å². The number of carbonyl (C=O) groups excluding carboxylic acids is 1. The third kappa shape index (κ3) is 2.90. The van der Waals surface area contributed by atoms with E-state index in [2.05, 4.69) is 27.9 Å². The number of benzene rings is 2. The number of nitrogens with one attached hydrogen (secondary N) is 1. The summed E-state index contributed by atoms with van der Waals surface area (Å²) in [6.45, 7) is 0. The zero-order chi connectivity index (χ0) is 15.1. The van der Waals surface area contributed by atoms with E-state index in [1.807, 2.05) is 24.3 Å². The number of carbonyl (C=O) groups is 1. The lowest BCUT2D eigenvalue weighted by molar-refractivity contribution is -0.115. The van der Waals surface area contributed by atoms with E-state index >= 15 is 0 Å². The van der Waals surface area contributed by atoms with Gasteiger partial charge in [-0.15, -0.1) is 0 Å². The second-order valence-electron chi connectivity index (χ2n) is 4.90. The molecule has 0 aromatic heterocycles. The van der Waals surface area contributed by atoms with Crippen LogP contribution in [-0.4, -0.2) is 5.91 Å². The molecule has 0 saturated carbocycles. The first kappa shape index (κ1) is 15.1. The van der Waals surface area contributed by atoms with Gasteiger partial charge in [0.1, 0.15) is 0 Å². The van der Waals surface area contributed by atoms with Gasteiger partial charge < -0.3 is 11.1 Å². The van der Waals surface area contributed by atoms with Gasteiger partial charge in [0.25, 0.3) is 0 Å².